The van der Waals surface area contributed by atoms with Crippen LogP contribution in [0.25, 0.3) is 0 Å². The Kier molecular flexibility index (Phi) is 7.34. The van der Waals surface area contributed by atoms with E-state index in [9.17, 15) is 22.8 Å². The van der Waals surface area contributed by atoms with E-state index in [1.807, 2.05) is 6.07 Å². The molecule has 1 aromatic carbocycles. The third-order valence-electron chi connectivity index (χ3n) is 3.08. The van der Waals surface area contributed by atoms with Gasteiger partial charge in [-0.1, -0.05) is 6.07 Å². The molecule has 0 aromatic heterocycles. The molecule has 0 atom stereocenters. The quantitative estimate of drug-likeness (QED) is 0.745. The summed E-state index contributed by atoms with van der Waals surface area (Å²) in [5.41, 5.74) is 0.901. The van der Waals surface area contributed by atoms with Gasteiger partial charge in [0.25, 0.3) is 0 Å². The SMILES string of the molecule is COc1ccc(CCNC(=O)CCNC(=O)C(F)(F)F)cc1OC. The average Bonchev–Trinajstić information content (AvgIpc) is 2.53. The molecule has 0 bridgehead atoms. The van der Waals surface area contributed by atoms with E-state index >= 15 is 0 Å². The highest BCUT2D eigenvalue weighted by Crippen LogP contribution is 2.27. The molecule has 2 amide bonds. The van der Waals surface area contributed by atoms with Gasteiger partial charge in [0.05, 0.1) is 14.2 Å². The molecule has 134 valence electrons. The molecular weight excluding hydrogens is 329 g/mol. The molecule has 1 aromatic rings. The van der Waals surface area contributed by atoms with Crippen molar-refractivity contribution in [1.82, 2.24) is 10.6 Å². The Morgan fingerprint density at radius 1 is 1.04 bits per heavy atom. The van der Waals surface area contributed by atoms with Crippen LogP contribution in [-0.2, 0) is 16.0 Å². The van der Waals surface area contributed by atoms with E-state index in [2.05, 4.69) is 5.32 Å². The Morgan fingerprint density at radius 3 is 2.29 bits per heavy atom. The van der Waals surface area contributed by atoms with Crippen molar-refractivity contribution in [1.29, 1.82) is 0 Å². The lowest BCUT2D eigenvalue weighted by molar-refractivity contribution is -0.173. The number of halogens is 3. The van der Waals surface area contributed by atoms with Gasteiger partial charge in [0.2, 0.25) is 5.91 Å². The van der Waals surface area contributed by atoms with E-state index in [0.717, 1.165) is 5.56 Å². The smallest absolute Gasteiger partial charge is 0.471 e. The predicted molar refractivity (Wildman–Crippen MR) is 79.9 cm³/mol. The van der Waals surface area contributed by atoms with Gasteiger partial charge in [-0.2, -0.15) is 13.2 Å². The first-order valence-electron chi connectivity index (χ1n) is 7.10. The Hall–Kier alpha value is -2.45. The van der Waals surface area contributed by atoms with Crippen molar-refractivity contribution in [3.63, 3.8) is 0 Å². The second-order valence-corrected chi connectivity index (χ2v) is 4.79. The lowest BCUT2D eigenvalue weighted by Crippen LogP contribution is -2.39. The summed E-state index contributed by atoms with van der Waals surface area (Å²) in [6.07, 6.45) is -4.65. The number of ether oxygens (including phenoxy) is 2. The molecule has 0 aliphatic carbocycles. The maximum Gasteiger partial charge on any atom is 0.471 e. The average molecular weight is 348 g/mol. The van der Waals surface area contributed by atoms with Gasteiger partial charge in [0.15, 0.2) is 11.5 Å². The molecule has 2 N–H and O–H groups in total. The van der Waals surface area contributed by atoms with Crippen molar-refractivity contribution >= 4 is 11.8 Å². The Bertz CT molecular complexity index is 576. The van der Waals surface area contributed by atoms with E-state index < -0.39 is 18.0 Å². The van der Waals surface area contributed by atoms with Crippen LogP contribution in [-0.4, -0.2) is 45.3 Å². The zero-order valence-corrected chi connectivity index (χ0v) is 13.3. The summed E-state index contributed by atoms with van der Waals surface area (Å²) in [4.78, 5) is 22.1. The third kappa shape index (κ3) is 6.35. The molecule has 24 heavy (non-hydrogen) atoms. The van der Waals surface area contributed by atoms with Gasteiger partial charge in [-0.15, -0.1) is 0 Å². The van der Waals surface area contributed by atoms with E-state index in [1.54, 1.807) is 17.4 Å². The molecule has 0 aliphatic rings. The number of methoxy groups -OCH3 is 2. The Labute approximate surface area is 137 Å². The maximum absolute atomic E-state index is 11.9. The van der Waals surface area contributed by atoms with E-state index in [0.29, 0.717) is 24.5 Å². The molecule has 0 aliphatic heterocycles. The summed E-state index contributed by atoms with van der Waals surface area (Å²) in [5, 5.41) is 4.20. The van der Waals surface area contributed by atoms with Gasteiger partial charge in [0, 0.05) is 19.5 Å². The summed E-state index contributed by atoms with van der Waals surface area (Å²) in [5.74, 6) is -1.35. The minimum atomic E-state index is -4.94. The molecule has 0 saturated heterocycles. The Balaban J connectivity index is 2.32. The van der Waals surface area contributed by atoms with Crippen LogP contribution < -0.4 is 20.1 Å². The number of carbonyl (C=O) groups excluding carboxylic acids is 2. The van der Waals surface area contributed by atoms with E-state index in [-0.39, 0.29) is 13.0 Å². The summed E-state index contributed by atoms with van der Waals surface area (Å²) in [7, 11) is 3.04. The predicted octanol–water partition coefficient (Wildman–Crippen LogP) is 1.43. The third-order valence-corrected chi connectivity index (χ3v) is 3.08. The topological polar surface area (TPSA) is 76.7 Å². The van der Waals surface area contributed by atoms with Crippen LogP contribution in [0, 0.1) is 0 Å². The van der Waals surface area contributed by atoms with Gasteiger partial charge in [-0.25, -0.2) is 0 Å². The van der Waals surface area contributed by atoms with Crippen molar-refractivity contribution in [2.24, 2.45) is 0 Å². The number of hydrogen-bond acceptors (Lipinski definition) is 4. The van der Waals surface area contributed by atoms with Gasteiger partial charge < -0.3 is 20.1 Å². The molecule has 0 saturated carbocycles. The Morgan fingerprint density at radius 2 is 1.71 bits per heavy atom. The highest BCUT2D eigenvalue weighted by molar-refractivity contribution is 5.82. The number of alkyl halides is 3. The van der Waals surface area contributed by atoms with Crippen molar-refractivity contribution < 1.29 is 32.2 Å². The molecule has 0 heterocycles. The van der Waals surface area contributed by atoms with Gasteiger partial charge in [-0.05, 0) is 24.1 Å². The molecule has 0 unspecified atom stereocenters. The zero-order chi connectivity index (χ0) is 18.2. The van der Waals surface area contributed by atoms with Crippen molar-refractivity contribution in [3.05, 3.63) is 23.8 Å². The number of nitrogens with one attached hydrogen (secondary N) is 2. The first kappa shape index (κ1) is 19.6. The number of benzene rings is 1. The summed E-state index contributed by atoms with van der Waals surface area (Å²) >= 11 is 0. The van der Waals surface area contributed by atoms with Gasteiger partial charge in [0.1, 0.15) is 0 Å². The van der Waals surface area contributed by atoms with Crippen LogP contribution >= 0.6 is 0 Å². The molecule has 0 spiro atoms. The van der Waals surface area contributed by atoms with Gasteiger partial charge >= 0.3 is 12.1 Å². The summed E-state index contributed by atoms with van der Waals surface area (Å²) < 4.78 is 46.1. The van der Waals surface area contributed by atoms with E-state index in [4.69, 9.17) is 9.47 Å². The first-order chi connectivity index (χ1) is 11.3. The molecular formula is C15H19F3N2O4. The van der Waals surface area contributed by atoms with Crippen molar-refractivity contribution in [2.45, 2.75) is 19.0 Å². The highest BCUT2D eigenvalue weighted by atomic mass is 19.4. The minimum absolute atomic E-state index is 0.228. The van der Waals surface area contributed by atoms with Crippen LogP contribution in [0.1, 0.15) is 12.0 Å². The fourth-order valence-corrected chi connectivity index (χ4v) is 1.86. The maximum atomic E-state index is 11.9. The molecule has 9 heteroatoms. The molecule has 0 fully saturated rings. The largest absolute Gasteiger partial charge is 0.493 e. The van der Waals surface area contributed by atoms with Crippen LogP contribution in [0.5, 0.6) is 11.5 Å². The molecule has 1 rings (SSSR count). The fraction of sp³-hybridized carbons (Fsp3) is 0.467. The van der Waals surface area contributed by atoms with Crippen molar-refractivity contribution in [3.8, 4) is 11.5 Å². The normalized spacial score (nSPS) is 10.9. The number of carbonyl (C=O) groups is 2. The summed E-state index contributed by atoms with van der Waals surface area (Å²) in [6.45, 7) is -0.0674. The second-order valence-electron chi connectivity index (χ2n) is 4.79. The number of amides is 2. The van der Waals surface area contributed by atoms with Crippen LogP contribution in [0.2, 0.25) is 0 Å². The van der Waals surface area contributed by atoms with Gasteiger partial charge in [-0.3, -0.25) is 9.59 Å². The van der Waals surface area contributed by atoms with Crippen LogP contribution in [0.3, 0.4) is 0 Å². The molecule has 0 radical (unpaired) electrons. The van der Waals surface area contributed by atoms with Crippen LogP contribution in [0.4, 0.5) is 13.2 Å². The number of hydrogen-bond donors (Lipinski definition) is 2. The monoisotopic (exact) mass is 348 g/mol. The second kappa shape index (κ2) is 8.99. The van der Waals surface area contributed by atoms with Crippen molar-refractivity contribution in [2.75, 3.05) is 27.3 Å². The minimum Gasteiger partial charge on any atom is -0.493 e. The molecule has 6 nitrogen and oxygen atoms in total. The highest BCUT2D eigenvalue weighted by Gasteiger charge is 2.38. The lowest BCUT2D eigenvalue weighted by atomic mass is 10.1. The lowest BCUT2D eigenvalue weighted by Gasteiger charge is -2.10. The fourth-order valence-electron chi connectivity index (χ4n) is 1.86. The first-order valence-corrected chi connectivity index (χ1v) is 7.10. The standard InChI is InChI=1S/C15H19F3N2O4/c1-23-11-4-3-10(9-12(11)24-2)5-7-19-13(21)6-8-20-14(22)15(16,17)18/h3-4,9H,5-8H2,1-2H3,(H,19,21)(H,20,22). The van der Waals surface area contributed by atoms with E-state index in [1.165, 1.54) is 14.2 Å². The number of rotatable bonds is 8. The zero-order valence-electron chi connectivity index (χ0n) is 13.3. The summed E-state index contributed by atoms with van der Waals surface area (Å²) in [6, 6.07) is 5.33. The van der Waals surface area contributed by atoms with Crippen LogP contribution in [0.15, 0.2) is 18.2 Å².